The normalized spacial score (nSPS) is 18.1. The van der Waals surface area contributed by atoms with Crippen molar-refractivity contribution in [1.82, 2.24) is 0 Å². The molecule has 1 heteroatoms. The maximum atomic E-state index is 9.64. The number of hydrogen-bond donors (Lipinski definition) is 1. The Morgan fingerprint density at radius 2 is 1.59 bits per heavy atom. The fourth-order valence-electron chi connectivity index (χ4n) is 2.73. The van der Waals surface area contributed by atoms with E-state index in [0.29, 0.717) is 11.2 Å². The van der Waals surface area contributed by atoms with E-state index in [2.05, 4.69) is 19.9 Å². The van der Waals surface area contributed by atoms with Crippen molar-refractivity contribution in [2.75, 3.05) is 0 Å². The Labute approximate surface area is 106 Å². The van der Waals surface area contributed by atoms with Gasteiger partial charge in [-0.05, 0) is 48.4 Å². The topological polar surface area (TPSA) is 20.2 Å². The average molecular weight is 234 g/mol. The van der Waals surface area contributed by atoms with Gasteiger partial charge in [0.1, 0.15) is 5.75 Å². The van der Waals surface area contributed by atoms with Gasteiger partial charge in [0.05, 0.1) is 0 Å². The van der Waals surface area contributed by atoms with Crippen molar-refractivity contribution < 1.29 is 5.11 Å². The summed E-state index contributed by atoms with van der Waals surface area (Å²) in [6.45, 7) is 8.38. The number of hydrogen-bond acceptors (Lipinski definition) is 1. The van der Waals surface area contributed by atoms with Gasteiger partial charge in [-0.15, -0.1) is 0 Å². The lowest BCUT2D eigenvalue weighted by molar-refractivity contribution is 0.318. The lowest BCUT2D eigenvalue weighted by atomic mass is 9.71. The molecule has 1 aromatic rings. The third-order valence-electron chi connectivity index (χ3n) is 3.72. The Kier molecular flexibility index (Phi) is 5.04. The monoisotopic (exact) mass is 234 g/mol. The standard InChI is InChI=1S/C14H20O.C2H6/c1-11-8-12(10-13(15)9-11)14(2)6-4-3-5-7-14;1-2/h8-10,15H,3-7H2,1-2H3;1-2H3. The summed E-state index contributed by atoms with van der Waals surface area (Å²) >= 11 is 0. The second-order valence-electron chi connectivity index (χ2n) is 5.18. The van der Waals surface area contributed by atoms with E-state index in [9.17, 15) is 5.11 Å². The number of rotatable bonds is 1. The number of aryl methyl sites for hydroxylation is 1. The predicted molar refractivity (Wildman–Crippen MR) is 74.6 cm³/mol. The van der Waals surface area contributed by atoms with Crippen molar-refractivity contribution in [3.05, 3.63) is 29.3 Å². The maximum Gasteiger partial charge on any atom is 0.116 e. The van der Waals surface area contributed by atoms with Crippen LogP contribution in [0.15, 0.2) is 18.2 Å². The van der Waals surface area contributed by atoms with Crippen LogP contribution < -0.4 is 0 Å². The Balaban J connectivity index is 0.000000686. The molecule has 0 radical (unpaired) electrons. The zero-order valence-electron chi connectivity index (χ0n) is 11.7. The Morgan fingerprint density at radius 1 is 1.00 bits per heavy atom. The van der Waals surface area contributed by atoms with Gasteiger partial charge in [0, 0.05) is 0 Å². The van der Waals surface area contributed by atoms with Crippen LogP contribution in [0.4, 0.5) is 0 Å². The quantitative estimate of drug-likeness (QED) is 0.729. The molecule has 1 nitrogen and oxygen atoms in total. The van der Waals surface area contributed by atoms with E-state index < -0.39 is 0 Å². The molecule has 1 aliphatic rings. The minimum Gasteiger partial charge on any atom is -0.508 e. The largest absolute Gasteiger partial charge is 0.508 e. The lowest BCUT2D eigenvalue weighted by Gasteiger charge is -2.34. The van der Waals surface area contributed by atoms with E-state index in [4.69, 9.17) is 0 Å². The summed E-state index contributed by atoms with van der Waals surface area (Å²) in [7, 11) is 0. The molecule has 1 saturated carbocycles. The highest BCUT2D eigenvalue weighted by atomic mass is 16.3. The molecule has 0 aromatic heterocycles. The first-order chi connectivity index (χ1) is 8.10. The van der Waals surface area contributed by atoms with Gasteiger partial charge in [-0.25, -0.2) is 0 Å². The number of phenolic OH excluding ortho intramolecular Hbond substituents is 1. The van der Waals surface area contributed by atoms with Gasteiger partial charge in [-0.1, -0.05) is 46.1 Å². The van der Waals surface area contributed by atoms with Crippen molar-refractivity contribution in [2.24, 2.45) is 0 Å². The van der Waals surface area contributed by atoms with Crippen LogP contribution >= 0.6 is 0 Å². The molecule has 0 unspecified atom stereocenters. The van der Waals surface area contributed by atoms with Gasteiger partial charge >= 0.3 is 0 Å². The summed E-state index contributed by atoms with van der Waals surface area (Å²) < 4.78 is 0. The molecule has 17 heavy (non-hydrogen) atoms. The van der Waals surface area contributed by atoms with Crippen molar-refractivity contribution in [2.45, 2.75) is 65.2 Å². The first kappa shape index (κ1) is 14.1. The van der Waals surface area contributed by atoms with Gasteiger partial charge < -0.3 is 5.11 Å². The molecule has 96 valence electrons. The van der Waals surface area contributed by atoms with Gasteiger partial charge in [-0.2, -0.15) is 0 Å². The highest BCUT2D eigenvalue weighted by Crippen LogP contribution is 2.40. The van der Waals surface area contributed by atoms with Crippen LogP contribution in [-0.2, 0) is 5.41 Å². The molecule has 0 spiro atoms. The molecule has 0 bridgehead atoms. The highest BCUT2D eigenvalue weighted by Gasteiger charge is 2.28. The van der Waals surface area contributed by atoms with Crippen molar-refractivity contribution in [3.63, 3.8) is 0 Å². The molecule has 2 rings (SSSR count). The fourth-order valence-corrected chi connectivity index (χ4v) is 2.73. The fraction of sp³-hybridized carbons (Fsp3) is 0.625. The summed E-state index contributed by atoms with van der Waals surface area (Å²) in [5, 5.41) is 9.64. The Bertz CT molecular complexity index is 328. The van der Waals surface area contributed by atoms with E-state index in [0.717, 1.165) is 5.56 Å². The summed E-state index contributed by atoms with van der Waals surface area (Å²) in [6, 6.07) is 6.00. The average Bonchev–Trinajstić information content (AvgIpc) is 2.31. The summed E-state index contributed by atoms with van der Waals surface area (Å²) in [5.74, 6) is 0.414. The number of phenols is 1. The van der Waals surface area contributed by atoms with Crippen LogP contribution in [0.1, 0.15) is 64.0 Å². The van der Waals surface area contributed by atoms with Gasteiger partial charge in [0.15, 0.2) is 0 Å². The molecule has 0 aliphatic heterocycles. The lowest BCUT2D eigenvalue weighted by Crippen LogP contribution is -2.24. The molecular formula is C16H26O. The van der Waals surface area contributed by atoms with E-state index >= 15 is 0 Å². The van der Waals surface area contributed by atoms with E-state index in [1.54, 1.807) is 0 Å². The zero-order chi connectivity index (χ0) is 12.9. The third-order valence-corrected chi connectivity index (χ3v) is 3.72. The molecule has 1 fully saturated rings. The van der Waals surface area contributed by atoms with E-state index in [1.807, 2.05) is 26.0 Å². The van der Waals surface area contributed by atoms with E-state index in [-0.39, 0.29) is 0 Å². The SMILES string of the molecule is CC.Cc1cc(O)cc(C2(C)CCCCC2)c1. The second-order valence-corrected chi connectivity index (χ2v) is 5.18. The molecule has 1 aromatic carbocycles. The first-order valence-electron chi connectivity index (χ1n) is 6.91. The molecule has 0 atom stereocenters. The van der Waals surface area contributed by atoms with Crippen LogP contribution in [-0.4, -0.2) is 5.11 Å². The first-order valence-corrected chi connectivity index (χ1v) is 6.91. The van der Waals surface area contributed by atoms with Gasteiger partial charge in [0.25, 0.3) is 0 Å². The summed E-state index contributed by atoms with van der Waals surface area (Å²) in [6.07, 6.45) is 6.54. The minimum atomic E-state index is 0.293. The Morgan fingerprint density at radius 3 is 2.12 bits per heavy atom. The highest BCUT2D eigenvalue weighted by molar-refractivity contribution is 5.37. The maximum absolute atomic E-state index is 9.64. The van der Waals surface area contributed by atoms with Gasteiger partial charge in [0.2, 0.25) is 0 Å². The number of benzene rings is 1. The van der Waals surface area contributed by atoms with Gasteiger partial charge in [-0.3, -0.25) is 0 Å². The van der Waals surface area contributed by atoms with Crippen LogP contribution in [0, 0.1) is 6.92 Å². The molecular weight excluding hydrogens is 208 g/mol. The molecule has 1 N–H and O–H groups in total. The third kappa shape index (κ3) is 3.49. The number of aromatic hydroxyl groups is 1. The van der Waals surface area contributed by atoms with E-state index in [1.165, 1.54) is 37.7 Å². The minimum absolute atomic E-state index is 0.293. The summed E-state index contributed by atoms with van der Waals surface area (Å²) in [4.78, 5) is 0. The predicted octanol–water partition coefficient (Wildman–Crippen LogP) is 4.95. The zero-order valence-corrected chi connectivity index (χ0v) is 11.7. The van der Waals surface area contributed by atoms with Crippen molar-refractivity contribution in [1.29, 1.82) is 0 Å². The molecule has 0 saturated heterocycles. The molecule has 0 amide bonds. The molecule has 1 aliphatic carbocycles. The Hall–Kier alpha value is -0.980. The van der Waals surface area contributed by atoms with Crippen molar-refractivity contribution >= 4 is 0 Å². The van der Waals surface area contributed by atoms with Crippen LogP contribution in [0.5, 0.6) is 5.75 Å². The van der Waals surface area contributed by atoms with Crippen LogP contribution in [0.25, 0.3) is 0 Å². The smallest absolute Gasteiger partial charge is 0.116 e. The van der Waals surface area contributed by atoms with Crippen molar-refractivity contribution in [3.8, 4) is 5.75 Å². The van der Waals surface area contributed by atoms with Crippen LogP contribution in [0.2, 0.25) is 0 Å². The summed E-state index contributed by atoms with van der Waals surface area (Å²) in [5.41, 5.74) is 2.78. The van der Waals surface area contributed by atoms with Crippen LogP contribution in [0.3, 0.4) is 0 Å². The second kappa shape index (κ2) is 6.09. The molecule has 0 heterocycles.